The lowest BCUT2D eigenvalue weighted by Crippen LogP contribution is -2.20. The number of rotatable bonds is 6. The monoisotopic (exact) mass is 229 g/mol. The van der Waals surface area contributed by atoms with E-state index in [0.29, 0.717) is 0 Å². The molecule has 4 heteroatoms. The molecular formula is C12H17F2NO. The molecule has 0 fully saturated rings. The lowest BCUT2D eigenvalue weighted by Gasteiger charge is -2.17. The van der Waals surface area contributed by atoms with Gasteiger partial charge < -0.3 is 10.1 Å². The minimum atomic E-state index is -2.78. The molecule has 0 aliphatic heterocycles. The van der Waals surface area contributed by atoms with E-state index in [4.69, 9.17) is 0 Å². The fourth-order valence-electron chi connectivity index (χ4n) is 1.51. The van der Waals surface area contributed by atoms with E-state index in [9.17, 15) is 8.78 Å². The summed E-state index contributed by atoms with van der Waals surface area (Å²) in [5.41, 5.74) is 0.760. The zero-order valence-corrected chi connectivity index (χ0v) is 9.54. The number of hydrogen-bond acceptors (Lipinski definition) is 2. The van der Waals surface area contributed by atoms with Crippen molar-refractivity contribution in [2.24, 2.45) is 0 Å². The van der Waals surface area contributed by atoms with E-state index in [0.717, 1.165) is 18.5 Å². The summed E-state index contributed by atoms with van der Waals surface area (Å²) in [6, 6.07) is 6.87. The Bertz CT molecular complexity index is 318. The summed E-state index contributed by atoms with van der Waals surface area (Å²) in [5, 5.41) is 3.24. The Hall–Kier alpha value is -1.16. The van der Waals surface area contributed by atoms with Crippen LogP contribution in [-0.4, -0.2) is 13.2 Å². The normalized spacial score (nSPS) is 12.8. The van der Waals surface area contributed by atoms with Crippen LogP contribution in [0.3, 0.4) is 0 Å². The highest BCUT2D eigenvalue weighted by Gasteiger charge is 2.13. The van der Waals surface area contributed by atoms with Gasteiger partial charge in [0.05, 0.1) is 0 Å². The smallest absolute Gasteiger partial charge is 0.387 e. The lowest BCUT2D eigenvalue weighted by molar-refractivity contribution is -0.0506. The molecular weight excluding hydrogens is 212 g/mol. The molecule has 1 unspecified atom stereocenters. The van der Waals surface area contributed by atoms with Crippen molar-refractivity contribution in [3.8, 4) is 5.75 Å². The molecule has 1 aromatic carbocycles. The van der Waals surface area contributed by atoms with Crippen molar-refractivity contribution in [2.45, 2.75) is 32.9 Å². The predicted molar refractivity (Wildman–Crippen MR) is 59.8 cm³/mol. The van der Waals surface area contributed by atoms with Gasteiger partial charge in [0.15, 0.2) is 0 Å². The van der Waals surface area contributed by atoms with Gasteiger partial charge in [-0.1, -0.05) is 25.1 Å². The minimum absolute atomic E-state index is 0.00917. The van der Waals surface area contributed by atoms with Gasteiger partial charge in [0.1, 0.15) is 5.75 Å². The van der Waals surface area contributed by atoms with Crippen molar-refractivity contribution in [1.82, 2.24) is 5.32 Å². The Morgan fingerprint density at radius 1 is 1.31 bits per heavy atom. The van der Waals surface area contributed by atoms with Gasteiger partial charge in [0, 0.05) is 11.6 Å². The standard InChI is InChI=1S/C12H17F2NO/c1-3-8-15-9(2)10-6-4-5-7-11(10)16-12(13)14/h4-7,9,12,15H,3,8H2,1-2H3. The van der Waals surface area contributed by atoms with Crippen LogP contribution in [0.15, 0.2) is 24.3 Å². The molecule has 0 amide bonds. The molecule has 1 N–H and O–H groups in total. The van der Waals surface area contributed by atoms with Gasteiger partial charge in [-0.2, -0.15) is 8.78 Å². The fourth-order valence-corrected chi connectivity index (χ4v) is 1.51. The van der Waals surface area contributed by atoms with Crippen LogP contribution in [0.25, 0.3) is 0 Å². The SMILES string of the molecule is CCCNC(C)c1ccccc1OC(F)F. The Morgan fingerprint density at radius 3 is 2.62 bits per heavy atom. The molecule has 0 spiro atoms. The molecule has 0 radical (unpaired) electrons. The molecule has 0 bridgehead atoms. The molecule has 0 saturated heterocycles. The van der Waals surface area contributed by atoms with Crippen molar-refractivity contribution in [1.29, 1.82) is 0 Å². The molecule has 0 heterocycles. The molecule has 0 saturated carbocycles. The van der Waals surface area contributed by atoms with Crippen LogP contribution < -0.4 is 10.1 Å². The molecule has 0 aliphatic rings. The number of ether oxygens (including phenoxy) is 1. The van der Waals surface area contributed by atoms with Gasteiger partial charge in [-0.05, 0) is 26.0 Å². The van der Waals surface area contributed by atoms with Crippen LogP contribution in [0.5, 0.6) is 5.75 Å². The highest BCUT2D eigenvalue weighted by molar-refractivity contribution is 5.35. The maximum absolute atomic E-state index is 12.2. The molecule has 1 atom stereocenters. The van der Waals surface area contributed by atoms with Crippen molar-refractivity contribution in [3.63, 3.8) is 0 Å². The average Bonchev–Trinajstić information content (AvgIpc) is 2.26. The summed E-state index contributed by atoms with van der Waals surface area (Å²) in [4.78, 5) is 0. The molecule has 1 rings (SSSR count). The molecule has 90 valence electrons. The molecule has 1 aromatic rings. The zero-order chi connectivity index (χ0) is 12.0. The van der Waals surface area contributed by atoms with Gasteiger partial charge >= 0.3 is 6.61 Å². The van der Waals surface area contributed by atoms with Gasteiger partial charge in [0.25, 0.3) is 0 Å². The minimum Gasteiger partial charge on any atom is -0.434 e. The topological polar surface area (TPSA) is 21.3 Å². The Labute approximate surface area is 94.6 Å². The predicted octanol–water partition coefficient (Wildman–Crippen LogP) is 3.35. The van der Waals surface area contributed by atoms with E-state index in [1.807, 2.05) is 13.0 Å². The Morgan fingerprint density at radius 2 is 2.00 bits per heavy atom. The Kier molecular flexibility index (Phi) is 5.19. The first-order valence-electron chi connectivity index (χ1n) is 5.42. The third-order valence-corrected chi connectivity index (χ3v) is 2.30. The first-order valence-corrected chi connectivity index (χ1v) is 5.42. The van der Waals surface area contributed by atoms with Crippen LogP contribution in [0.4, 0.5) is 8.78 Å². The number of benzene rings is 1. The largest absolute Gasteiger partial charge is 0.434 e. The molecule has 0 aromatic heterocycles. The Balaban J connectivity index is 2.76. The van der Waals surface area contributed by atoms with E-state index in [2.05, 4.69) is 17.0 Å². The van der Waals surface area contributed by atoms with E-state index >= 15 is 0 Å². The second-order valence-corrected chi connectivity index (χ2v) is 3.59. The summed E-state index contributed by atoms with van der Waals surface area (Å²) < 4.78 is 28.8. The first kappa shape index (κ1) is 12.9. The molecule has 16 heavy (non-hydrogen) atoms. The summed E-state index contributed by atoms with van der Waals surface area (Å²) in [6.07, 6.45) is 1.00. The van der Waals surface area contributed by atoms with Gasteiger partial charge in [-0.25, -0.2) is 0 Å². The quantitative estimate of drug-likeness (QED) is 0.807. The van der Waals surface area contributed by atoms with Crippen LogP contribution in [0.1, 0.15) is 31.9 Å². The van der Waals surface area contributed by atoms with E-state index in [1.165, 1.54) is 0 Å². The summed E-state index contributed by atoms with van der Waals surface area (Å²) in [6.45, 7) is 2.06. The molecule has 2 nitrogen and oxygen atoms in total. The third-order valence-electron chi connectivity index (χ3n) is 2.30. The number of nitrogens with one attached hydrogen (secondary N) is 1. The highest BCUT2D eigenvalue weighted by Crippen LogP contribution is 2.26. The summed E-state index contributed by atoms with van der Waals surface area (Å²) in [5.74, 6) is 0.244. The maximum atomic E-state index is 12.2. The third kappa shape index (κ3) is 3.77. The summed E-state index contributed by atoms with van der Waals surface area (Å²) in [7, 11) is 0. The van der Waals surface area contributed by atoms with Crippen LogP contribution in [-0.2, 0) is 0 Å². The van der Waals surface area contributed by atoms with Crippen LogP contribution >= 0.6 is 0 Å². The van der Waals surface area contributed by atoms with Gasteiger partial charge in [-0.3, -0.25) is 0 Å². The number of hydrogen-bond donors (Lipinski definition) is 1. The van der Waals surface area contributed by atoms with Crippen molar-refractivity contribution < 1.29 is 13.5 Å². The second kappa shape index (κ2) is 6.43. The number of para-hydroxylation sites is 1. The van der Waals surface area contributed by atoms with Crippen LogP contribution in [0.2, 0.25) is 0 Å². The molecule has 0 aliphatic carbocycles. The van der Waals surface area contributed by atoms with Gasteiger partial charge in [-0.15, -0.1) is 0 Å². The van der Waals surface area contributed by atoms with E-state index < -0.39 is 6.61 Å². The summed E-state index contributed by atoms with van der Waals surface area (Å²) >= 11 is 0. The zero-order valence-electron chi connectivity index (χ0n) is 9.54. The maximum Gasteiger partial charge on any atom is 0.387 e. The van der Waals surface area contributed by atoms with E-state index in [-0.39, 0.29) is 11.8 Å². The van der Waals surface area contributed by atoms with Crippen LogP contribution in [0, 0.1) is 0 Å². The number of halogens is 2. The van der Waals surface area contributed by atoms with E-state index in [1.54, 1.807) is 18.2 Å². The fraction of sp³-hybridized carbons (Fsp3) is 0.500. The van der Waals surface area contributed by atoms with Gasteiger partial charge in [0.2, 0.25) is 0 Å². The van der Waals surface area contributed by atoms with Crippen molar-refractivity contribution >= 4 is 0 Å². The second-order valence-electron chi connectivity index (χ2n) is 3.59. The lowest BCUT2D eigenvalue weighted by atomic mass is 10.1. The first-order chi connectivity index (χ1) is 7.65. The van der Waals surface area contributed by atoms with Crippen molar-refractivity contribution in [3.05, 3.63) is 29.8 Å². The number of alkyl halides is 2. The average molecular weight is 229 g/mol. The highest BCUT2D eigenvalue weighted by atomic mass is 19.3. The van der Waals surface area contributed by atoms with Crippen molar-refractivity contribution in [2.75, 3.05) is 6.54 Å².